The lowest BCUT2D eigenvalue weighted by Gasteiger charge is -2.34. The van der Waals surface area contributed by atoms with E-state index in [9.17, 15) is 9.59 Å². The van der Waals surface area contributed by atoms with Crippen molar-refractivity contribution < 1.29 is 18.5 Å². The van der Waals surface area contributed by atoms with Crippen molar-refractivity contribution >= 4 is 11.8 Å². The van der Waals surface area contributed by atoms with Gasteiger partial charge in [0.1, 0.15) is 11.5 Å². The third kappa shape index (κ3) is 4.59. The molecule has 4 rings (SSSR count). The Morgan fingerprint density at radius 3 is 3.00 bits per heavy atom. The Morgan fingerprint density at radius 2 is 2.25 bits per heavy atom. The molecule has 1 aliphatic heterocycles. The van der Waals surface area contributed by atoms with Crippen LogP contribution in [0.1, 0.15) is 48.4 Å². The standard InChI is InChI=1S/C19H25N5O4/c1-12-2-5-14(27-12)11-24-9-8-21-19(26)15(24)10-16(25)20-7-6-17-22-18(23-28-17)13-3-4-13/h2,5,13,15H,3-4,6-11H2,1H3,(H,20,25)(H,21,26)/t15-/m0/s1. The van der Waals surface area contributed by atoms with E-state index in [-0.39, 0.29) is 18.2 Å². The van der Waals surface area contributed by atoms with Crippen LogP contribution < -0.4 is 10.6 Å². The first-order valence-electron chi connectivity index (χ1n) is 9.75. The van der Waals surface area contributed by atoms with Crippen molar-refractivity contribution in [3.63, 3.8) is 0 Å². The number of piperazine rings is 1. The minimum absolute atomic E-state index is 0.0999. The Kier molecular flexibility index (Phi) is 5.43. The van der Waals surface area contributed by atoms with E-state index in [1.165, 1.54) is 0 Å². The summed E-state index contributed by atoms with van der Waals surface area (Å²) in [6.45, 7) is 4.03. The maximum atomic E-state index is 12.4. The van der Waals surface area contributed by atoms with Gasteiger partial charge in [-0.05, 0) is 31.9 Å². The molecule has 0 bridgehead atoms. The molecule has 2 N–H and O–H groups in total. The lowest BCUT2D eigenvalue weighted by Crippen LogP contribution is -2.56. The molecule has 1 saturated heterocycles. The van der Waals surface area contributed by atoms with Gasteiger partial charge in [0.25, 0.3) is 0 Å². The van der Waals surface area contributed by atoms with E-state index in [1.807, 2.05) is 24.0 Å². The summed E-state index contributed by atoms with van der Waals surface area (Å²) in [6, 6.07) is 3.29. The summed E-state index contributed by atoms with van der Waals surface area (Å²) in [6.07, 6.45) is 2.82. The number of hydrogen-bond donors (Lipinski definition) is 2. The largest absolute Gasteiger partial charge is 0.465 e. The SMILES string of the molecule is Cc1ccc(CN2CCNC(=O)[C@@H]2CC(=O)NCCc2nc(C3CC3)no2)o1. The number of carbonyl (C=O) groups excluding carboxylic acids is 2. The summed E-state index contributed by atoms with van der Waals surface area (Å²) < 4.78 is 10.8. The summed E-state index contributed by atoms with van der Waals surface area (Å²) in [7, 11) is 0. The monoisotopic (exact) mass is 387 g/mol. The van der Waals surface area contributed by atoms with Gasteiger partial charge in [0.15, 0.2) is 5.82 Å². The molecule has 28 heavy (non-hydrogen) atoms. The van der Waals surface area contributed by atoms with Crippen LogP contribution in [-0.4, -0.2) is 52.5 Å². The maximum Gasteiger partial charge on any atom is 0.237 e. The van der Waals surface area contributed by atoms with Crippen molar-refractivity contribution in [3.8, 4) is 0 Å². The summed E-state index contributed by atoms with van der Waals surface area (Å²) in [5, 5.41) is 9.64. The molecule has 0 aromatic carbocycles. The lowest BCUT2D eigenvalue weighted by atomic mass is 10.1. The lowest BCUT2D eigenvalue weighted by molar-refractivity contribution is -0.134. The molecule has 0 unspecified atom stereocenters. The second-order valence-electron chi connectivity index (χ2n) is 7.41. The predicted octanol–water partition coefficient (Wildman–Crippen LogP) is 0.898. The van der Waals surface area contributed by atoms with Gasteiger partial charge < -0.3 is 19.6 Å². The van der Waals surface area contributed by atoms with Gasteiger partial charge in [0, 0.05) is 32.0 Å². The van der Waals surface area contributed by atoms with Gasteiger partial charge in [-0.25, -0.2) is 0 Å². The molecule has 150 valence electrons. The molecule has 2 aromatic rings. The summed E-state index contributed by atoms with van der Waals surface area (Å²) in [5.74, 6) is 3.06. The minimum atomic E-state index is -0.510. The van der Waals surface area contributed by atoms with Crippen molar-refractivity contribution in [2.45, 2.75) is 51.1 Å². The fraction of sp³-hybridized carbons (Fsp3) is 0.579. The molecule has 1 aliphatic carbocycles. The predicted molar refractivity (Wildman–Crippen MR) is 98.3 cm³/mol. The van der Waals surface area contributed by atoms with Crippen LogP contribution in [0.15, 0.2) is 21.1 Å². The van der Waals surface area contributed by atoms with Gasteiger partial charge in [0.05, 0.1) is 19.0 Å². The first kappa shape index (κ1) is 18.7. The normalized spacial score (nSPS) is 20.2. The van der Waals surface area contributed by atoms with Crippen LogP contribution in [0.25, 0.3) is 0 Å². The van der Waals surface area contributed by atoms with Gasteiger partial charge >= 0.3 is 0 Å². The molecule has 0 spiro atoms. The van der Waals surface area contributed by atoms with Crippen molar-refractivity contribution in [2.24, 2.45) is 0 Å². The highest BCUT2D eigenvalue weighted by Crippen LogP contribution is 2.38. The van der Waals surface area contributed by atoms with E-state index >= 15 is 0 Å². The van der Waals surface area contributed by atoms with E-state index < -0.39 is 6.04 Å². The average molecular weight is 387 g/mol. The number of nitrogens with one attached hydrogen (secondary N) is 2. The first-order valence-corrected chi connectivity index (χ1v) is 9.75. The number of aryl methyl sites for hydroxylation is 1. The Bertz CT molecular complexity index is 841. The summed E-state index contributed by atoms with van der Waals surface area (Å²) >= 11 is 0. The molecule has 2 aromatic heterocycles. The van der Waals surface area contributed by atoms with Crippen LogP contribution in [0.2, 0.25) is 0 Å². The molecule has 3 heterocycles. The smallest absolute Gasteiger partial charge is 0.237 e. The molecular weight excluding hydrogens is 362 g/mol. The number of amides is 2. The fourth-order valence-corrected chi connectivity index (χ4v) is 3.38. The molecule has 2 amide bonds. The summed E-state index contributed by atoms with van der Waals surface area (Å²) in [5.41, 5.74) is 0. The van der Waals surface area contributed by atoms with Crippen molar-refractivity contribution in [1.29, 1.82) is 0 Å². The highest BCUT2D eigenvalue weighted by Gasteiger charge is 2.32. The number of nitrogens with zero attached hydrogens (tertiary/aromatic N) is 3. The van der Waals surface area contributed by atoms with Crippen LogP contribution in [0.3, 0.4) is 0 Å². The van der Waals surface area contributed by atoms with Crippen LogP contribution in [0.4, 0.5) is 0 Å². The Balaban J connectivity index is 1.27. The molecule has 9 nitrogen and oxygen atoms in total. The first-order chi connectivity index (χ1) is 13.6. The molecule has 9 heteroatoms. The Morgan fingerprint density at radius 1 is 1.39 bits per heavy atom. The molecule has 1 atom stereocenters. The molecule has 1 saturated carbocycles. The zero-order valence-corrected chi connectivity index (χ0v) is 15.9. The van der Waals surface area contributed by atoms with Crippen LogP contribution in [0, 0.1) is 6.92 Å². The van der Waals surface area contributed by atoms with Crippen molar-refractivity contribution in [1.82, 2.24) is 25.7 Å². The van der Waals surface area contributed by atoms with E-state index in [1.54, 1.807) is 0 Å². The van der Waals surface area contributed by atoms with Crippen LogP contribution in [-0.2, 0) is 22.6 Å². The fourth-order valence-electron chi connectivity index (χ4n) is 3.38. The quantitative estimate of drug-likeness (QED) is 0.692. The molecular formula is C19H25N5O4. The van der Waals surface area contributed by atoms with Crippen LogP contribution >= 0.6 is 0 Å². The Hall–Kier alpha value is -2.68. The number of furan rings is 1. The summed E-state index contributed by atoms with van der Waals surface area (Å²) in [4.78, 5) is 31.0. The Labute approximate surface area is 162 Å². The van der Waals surface area contributed by atoms with Crippen LogP contribution in [0.5, 0.6) is 0 Å². The minimum Gasteiger partial charge on any atom is -0.465 e. The van der Waals surface area contributed by atoms with Gasteiger partial charge in [-0.15, -0.1) is 0 Å². The topological polar surface area (TPSA) is 114 Å². The second-order valence-corrected chi connectivity index (χ2v) is 7.41. The third-order valence-corrected chi connectivity index (χ3v) is 5.06. The van der Waals surface area contributed by atoms with Gasteiger partial charge in [-0.3, -0.25) is 14.5 Å². The second kappa shape index (κ2) is 8.14. The number of carbonyl (C=O) groups is 2. The van der Waals surface area contributed by atoms with Crippen molar-refractivity contribution in [2.75, 3.05) is 19.6 Å². The third-order valence-electron chi connectivity index (χ3n) is 5.06. The highest BCUT2D eigenvalue weighted by atomic mass is 16.5. The zero-order chi connectivity index (χ0) is 19.5. The van der Waals surface area contributed by atoms with E-state index in [2.05, 4.69) is 20.8 Å². The maximum absolute atomic E-state index is 12.4. The molecule has 2 aliphatic rings. The van der Waals surface area contributed by atoms with Gasteiger partial charge in [-0.2, -0.15) is 4.98 Å². The highest BCUT2D eigenvalue weighted by molar-refractivity contribution is 5.88. The number of rotatable bonds is 8. The van der Waals surface area contributed by atoms with Gasteiger partial charge in [0.2, 0.25) is 17.7 Å². The van der Waals surface area contributed by atoms with Gasteiger partial charge in [-0.1, -0.05) is 5.16 Å². The van der Waals surface area contributed by atoms with E-state index in [0.717, 1.165) is 30.2 Å². The van der Waals surface area contributed by atoms with E-state index in [0.29, 0.717) is 44.4 Å². The number of hydrogen-bond acceptors (Lipinski definition) is 7. The average Bonchev–Trinajstić information content (AvgIpc) is 3.27. The molecule has 2 fully saturated rings. The molecule has 0 radical (unpaired) electrons. The van der Waals surface area contributed by atoms with Crippen molar-refractivity contribution in [3.05, 3.63) is 35.4 Å². The van der Waals surface area contributed by atoms with E-state index in [4.69, 9.17) is 8.94 Å². The zero-order valence-electron chi connectivity index (χ0n) is 15.9. The number of aromatic nitrogens is 2.